The number of esters is 1. The van der Waals surface area contributed by atoms with Gasteiger partial charge in [0.1, 0.15) is 19.3 Å². The topological polar surface area (TPSA) is 114 Å². The van der Waals surface area contributed by atoms with Crippen LogP contribution in [0.2, 0.25) is 0 Å². The molecular weight excluding hydrogens is 1010 g/mol. The van der Waals surface area contributed by atoms with Crippen molar-refractivity contribution in [1.82, 2.24) is 5.32 Å². The molecule has 3 atom stereocenters. The van der Waals surface area contributed by atoms with Crippen LogP contribution in [0, 0.1) is 0 Å². The maximum atomic E-state index is 13.6. The number of ether oxygens (including phenoxy) is 1. The molecule has 3 unspecified atom stereocenters. The Morgan fingerprint density at radius 3 is 1.20 bits per heavy atom. The van der Waals surface area contributed by atoms with Crippen LogP contribution in [0.1, 0.15) is 297 Å². The third-order valence-electron chi connectivity index (χ3n) is 14.6. The lowest BCUT2D eigenvalue weighted by Gasteiger charge is -2.30. The van der Waals surface area contributed by atoms with Crippen molar-refractivity contribution in [3.05, 3.63) is 85.1 Å². The number of nitrogens with zero attached hydrogens (tertiary/aromatic N) is 1. The first kappa shape index (κ1) is 77.2. The van der Waals surface area contributed by atoms with E-state index in [1.807, 2.05) is 33.3 Å². The number of likely N-dealkylation sites (N-methyl/N-ethyl adjacent to an activating group) is 1. The molecule has 0 rings (SSSR count). The fourth-order valence-electron chi connectivity index (χ4n) is 9.47. The summed E-state index contributed by atoms with van der Waals surface area (Å²) in [7, 11) is 1.17. The molecule has 0 radical (unpaired) electrons. The van der Waals surface area contributed by atoms with Gasteiger partial charge in [0.05, 0.1) is 33.8 Å². The van der Waals surface area contributed by atoms with Gasteiger partial charge < -0.3 is 28.5 Å². The van der Waals surface area contributed by atoms with E-state index in [9.17, 15) is 19.0 Å². The maximum absolute atomic E-state index is 13.6. The minimum atomic E-state index is -4.71. The Morgan fingerprint density at radius 2 is 0.800 bits per heavy atom. The molecule has 0 bridgehead atoms. The summed E-state index contributed by atoms with van der Waals surface area (Å²) in [6.45, 7) is 6.73. The van der Waals surface area contributed by atoms with Crippen molar-refractivity contribution in [3.8, 4) is 0 Å². The standard InChI is InChI=1S/C70H127N2O7P/c1-7-10-13-16-19-22-25-28-30-32-34-35-36-37-39-40-42-44-47-50-53-56-59-62-69(73)71-67(66-78-80(75,76)77-65-64-72(4,5)6)68(61-58-55-52-49-46-27-24-21-18-15-12-9-3)79-70(74)63-60-57-54-51-48-45-43-41-38-33-31-29-26-23-20-17-14-11-8-2/h10,13,19,22,28,30,34-35,37,39,42,44,58,61,67-68H,7-9,11-12,14-18,20-21,23-27,29,31-33,36,38,40-41,43,45-57,59-60,62-66H2,1-6H3,(H-,71,73,75,76)/b13-10-,22-19-,30-28-,35-34-,39-37-,44-42-,61-58+. The van der Waals surface area contributed by atoms with Gasteiger partial charge >= 0.3 is 5.97 Å². The van der Waals surface area contributed by atoms with Crippen LogP contribution in [-0.2, 0) is 27.9 Å². The van der Waals surface area contributed by atoms with Gasteiger partial charge in [-0.15, -0.1) is 0 Å². The van der Waals surface area contributed by atoms with E-state index in [0.717, 1.165) is 103 Å². The summed E-state index contributed by atoms with van der Waals surface area (Å²) in [5.74, 6) is -0.564. The van der Waals surface area contributed by atoms with E-state index in [1.165, 1.54) is 154 Å². The Bertz CT molecular complexity index is 1640. The predicted molar refractivity (Wildman–Crippen MR) is 344 cm³/mol. The summed E-state index contributed by atoms with van der Waals surface area (Å²) in [6, 6.07) is -0.905. The lowest BCUT2D eigenvalue weighted by Crippen LogP contribution is -2.47. The monoisotopic (exact) mass is 1140 g/mol. The summed E-state index contributed by atoms with van der Waals surface area (Å²) in [5.41, 5.74) is 0. The molecule has 0 spiro atoms. The van der Waals surface area contributed by atoms with Crippen LogP contribution in [-0.4, -0.2) is 69.4 Å². The van der Waals surface area contributed by atoms with Crippen molar-refractivity contribution in [1.29, 1.82) is 0 Å². The highest BCUT2D eigenvalue weighted by Gasteiger charge is 2.27. The Balaban J connectivity index is 5.21. The number of hydrogen-bond acceptors (Lipinski definition) is 7. The number of carbonyl (C=O) groups excluding carboxylic acids is 2. The molecule has 0 aromatic rings. The SMILES string of the molecule is CC/C=C\C/C=C\C/C=C\C/C=C\C/C=C\C/C=C\CCCCCCC(=O)NC(COP(=O)([O-])OCC[N+](C)(C)C)C(/C=C/CCCCCCCCCCCC)OC(=O)CCCCCCCCCCCCCCCCCCCCC. The Kier molecular flexibility index (Phi) is 57.3. The highest BCUT2D eigenvalue weighted by molar-refractivity contribution is 7.45. The van der Waals surface area contributed by atoms with Gasteiger partial charge in [0.15, 0.2) is 0 Å². The molecule has 0 aromatic carbocycles. The molecule has 0 saturated heterocycles. The lowest BCUT2D eigenvalue weighted by atomic mass is 10.0. The largest absolute Gasteiger partial charge is 0.756 e. The van der Waals surface area contributed by atoms with E-state index in [0.29, 0.717) is 17.4 Å². The van der Waals surface area contributed by atoms with Crippen LogP contribution in [0.3, 0.4) is 0 Å². The number of hydrogen-bond donors (Lipinski definition) is 1. The summed E-state index contributed by atoms with van der Waals surface area (Å²) in [4.78, 5) is 40.1. The first-order valence-corrected chi connectivity index (χ1v) is 34.9. The average Bonchev–Trinajstić information content (AvgIpc) is 3.42. The summed E-state index contributed by atoms with van der Waals surface area (Å²) < 4.78 is 30.4. The van der Waals surface area contributed by atoms with Crippen LogP contribution < -0.4 is 10.2 Å². The van der Waals surface area contributed by atoms with E-state index in [2.05, 4.69) is 99.0 Å². The Hall–Kier alpha value is -2.81. The van der Waals surface area contributed by atoms with Gasteiger partial charge in [-0.1, -0.05) is 286 Å². The highest BCUT2D eigenvalue weighted by Crippen LogP contribution is 2.38. The number of quaternary nitrogens is 1. The first-order chi connectivity index (χ1) is 38.9. The Morgan fingerprint density at radius 1 is 0.450 bits per heavy atom. The maximum Gasteiger partial charge on any atom is 0.306 e. The van der Waals surface area contributed by atoms with Crippen molar-refractivity contribution in [2.45, 2.75) is 309 Å². The zero-order valence-electron chi connectivity index (χ0n) is 53.0. The molecule has 0 aromatic heterocycles. The summed E-state index contributed by atoms with van der Waals surface area (Å²) >= 11 is 0. The normalized spacial score (nSPS) is 14.1. The number of phosphoric acid groups is 1. The van der Waals surface area contributed by atoms with Gasteiger partial charge in [-0.2, -0.15) is 0 Å². The van der Waals surface area contributed by atoms with Gasteiger partial charge in [-0.05, 0) is 83.1 Å². The first-order valence-electron chi connectivity index (χ1n) is 33.4. The molecule has 0 aliphatic heterocycles. The van der Waals surface area contributed by atoms with Gasteiger partial charge in [0.25, 0.3) is 7.82 Å². The van der Waals surface area contributed by atoms with Gasteiger partial charge in [-0.25, -0.2) is 0 Å². The summed E-state index contributed by atoms with van der Waals surface area (Å²) in [6.07, 6.45) is 78.4. The van der Waals surface area contributed by atoms with Crippen LogP contribution in [0.25, 0.3) is 0 Å². The second-order valence-corrected chi connectivity index (χ2v) is 25.0. The second-order valence-electron chi connectivity index (χ2n) is 23.6. The number of unbranched alkanes of at least 4 members (excludes halogenated alkanes) is 32. The molecule has 0 saturated carbocycles. The van der Waals surface area contributed by atoms with Crippen molar-refractivity contribution in [2.24, 2.45) is 0 Å². The van der Waals surface area contributed by atoms with E-state index in [1.54, 1.807) is 0 Å². The average molecular weight is 1140 g/mol. The minimum Gasteiger partial charge on any atom is -0.756 e. The van der Waals surface area contributed by atoms with Gasteiger partial charge in [0.2, 0.25) is 5.91 Å². The Labute approximate surface area is 495 Å². The lowest BCUT2D eigenvalue weighted by molar-refractivity contribution is -0.870. The molecule has 0 aliphatic carbocycles. The molecule has 464 valence electrons. The van der Waals surface area contributed by atoms with Gasteiger partial charge in [0, 0.05) is 12.8 Å². The molecule has 0 aliphatic rings. The molecule has 9 nitrogen and oxygen atoms in total. The number of carbonyl (C=O) groups is 2. The number of amides is 1. The third kappa shape index (κ3) is 59.8. The number of nitrogens with one attached hydrogen (secondary N) is 1. The zero-order valence-corrected chi connectivity index (χ0v) is 53.9. The van der Waals surface area contributed by atoms with Crippen LogP contribution >= 0.6 is 7.82 Å². The fraction of sp³-hybridized carbons (Fsp3) is 0.771. The van der Waals surface area contributed by atoms with E-state index < -0.39 is 26.6 Å². The van der Waals surface area contributed by atoms with Crippen molar-refractivity contribution >= 4 is 19.7 Å². The number of rotatable bonds is 60. The number of allylic oxidation sites excluding steroid dienone is 13. The van der Waals surface area contributed by atoms with Crippen LogP contribution in [0.5, 0.6) is 0 Å². The molecule has 1 amide bonds. The predicted octanol–water partition coefficient (Wildman–Crippen LogP) is 20.3. The van der Waals surface area contributed by atoms with Crippen LogP contribution in [0.15, 0.2) is 85.1 Å². The van der Waals surface area contributed by atoms with Gasteiger partial charge in [-0.3, -0.25) is 14.2 Å². The molecule has 0 fully saturated rings. The highest BCUT2D eigenvalue weighted by atomic mass is 31.2. The molecular formula is C70H127N2O7P. The molecule has 1 N–H and O–H groups in total. The molecule has 80 heavy (non-hydrogen) atoms. The van der Waals surface area contributed by atoms with E-state index in [4.69, 9.17) is 13.8 Å². The van der Waals surface area contributed by atoms with Crippen molar-refractivity contribution < 1.29 is 37.3 Å². The van der Waals surface area contributed by atoms with Crippen LogP contribution in [0.4, 0.5) is 0 Å². The number of phosphoric ester groups is 1. The van der Waals surface area contributed by atoms with E-state index in [-0.39, 0.29) is 31.3 Å². The van der Waals surface area contributed by atoms with E-state index >= 15 is 0 Å². The van der Waals surface area contributed by atoms with Crippen molar-refractivity contribution in [3.63, 3.8) is 0 Å². The fourth-order valence-corrected chi connectivity index (χ4v) is 10.2. The minimum absolute atomic E-state index is 0.0298. The third-order valence-corrected chi connectivity index (χ3v) is 15.6. The summed E-state index contributed by atoms with van der Waals surface area (Å²) in [5, 5.41) is 3.02. The second kappa shape index (κ2) is 59.4. The van der Waals surface area contributed by atoms with Crippen molar-refractivity contribution in [2.75, 3.05) is 40.9 Å². The quantitative estimate of drug-likeness (QED) is 0.0212. The zero-order chi connectivity index (χ0) is 58.6. The molecule has 0 heterocycles. The molecule has 10 heteroatoms. The smallest absolute Gasteiger partial charge is 0.306 e.